The van der Waals surface area contributed by atoms with Gasteiger partial charge in [0.15, 0.2) is 5.82 Å². The molecule has 0 atom stereocenters. The lowest BCUT2D eigenvalue weighted by Crippen LogP contribution is -2.32. The highest BCUT2D eigenvalue weighted by molar-refractivity contribution is 7.87. The molecular weight excluding hydrogens is 211 g/mol. The summed E-state index contributed by atoms with van der Waals surface area (Å²) in [5, 5.41) is 4.68. The molecule has 8 heteroatoms. The summed E-state index contributed by atoms with van der Waals surface area (Å²) in [6.07, 6.45) is 2.29. The maximum absolute atomic E-state index is 12.3. The summed E-state index contributed by atoms with van der Waals surface area (Å²) in [7, 11) is -3.68. The number of aromatic nitrogens is 2. The van der Waals surface area contributed by atoms with Crippen LogP contribution in [-0.2, 0) is 16.6 Å². The van der Waals surface area contributed by atoms with E-state index in [1.54, 1.807) is 0 Å². The highest BCUT2D eigenvalue weighted by atomic mass is 32.2. The summed E-state index contributed by atoms with van der Waals surface area (Å²) in [6, 6.07) is 0. The highest BCUT2D eigenvalue weighted by Crippen LogP contribution is 1.93. The quantitative estimate of drug-likeness (QED) is 0.676. The zero-order chi connectivity index (χ0) is 10.6. The predicted octanol–water partition coefficient (Wildman–Crippen LogP) is -1.05. The summed E-state index contributed by atoms with van der Waals surface area (Å²) in [5.41, 5.74) is 0. The van der Waals surface area contributed by atoms with E-state index >= 15 is 0 Å². The van der Waals surface area contributed by atoms with Gasteiger partial charge >= 0.3 is 0 Å². The maximum atomic E-state index is 12.3. The molecule has 0 bridgehead atoms. The number of nitrogens with one attached hydrogen (secondary N) is 1. The fraction of sp³-hybridized carbons (Fsp3) is 0.333. The highest BCUT2D eigenvalue weighted by Gasteiger charge is 2.01. The van der Waals surface area contributed by atoms with Crippen LogP contribution < -0.4 is 9.86 Å². The van der Waals surface area contributed by atoms with E-state index in [0.717, 1.165) is 12.4 Å². The van der Waals surface area contributed by atoms with E-state index in [0.29, 0.717) is 5.82 Å². The van der Waals surface area contributed by atoms with E-state index in [-0.39, 0.29) is 13.0 Å². The van der Waals surface area contributed by atoms with Gasteiger partial charge in [0, 0.05) is 13.0 Å². The molecule has 1 rings (SSSR count). The summed E-state index contributed by atoms with van der Waals surface area (Å²) in [5.74, 6) is -0.185. The molecule has 0 saturated heterocycles. The van der Waals surface area contributed by atoms with Crippen LogP contribution in [0.25, 0.3) is 0 Å². The Morgan fingerprint density at radius 3 is 2.50 bits per heavy atom. The topological polar surface area (TPSA) is 98.0 Å². The van der Waals surface area contributed by atoms with Crippen LogP contribution in [0.3, 0.4) is 0 Å². The SMILES string of the molecule is NS(=O)(=O)NCCc1ncc(F)cn1. The van der Waals surface area contributed by atoms with Gasteiger partial charge in [-0.1, -0.05) is 0 Å². The Balaban J connectivity index is 2.43. The number of hydrogen-bond donors (Lipinski definition) is 2. The van der Waals surface area contributed by atoms with Gasteiger partial charge in [0.25, 0.3) is 10.2 Å². The normalized spacial score (nSPS) is 11.6. The third kappa shape index (κ3) is 4.21. The second-order valence-corrected chi connectivity index (χ2v) is 3.89. The van der Waals surface area contributed by atoms with Crippen LogP contribution in [-0.4, -0.2) is 24.9 Å². The van der Waals surface area contributed by atoms with Crippen molar-refractivity contribution in [3.63, 3.8) is 0 Å². The Morgan fingerprint density at radius 2 is 2.00 bits per heavy atom. The minimum absolute atomic E-state index is 0.0878. The molecule has 1 aromatic rings. The van der Waals surface area contributed by atoms with E-state index in [2.05, 4.69) is 19.8 Å². The first kappa shape index (κ1) is 11.0. The number of nitrogens with zero attached hydrogens (tertiary/aromatic N) is 2. The molecule has 0 aliphatic carbocycles. The molecule has 0 fully saturated rings. The van der Waals surface area contributed by atoms with Gasteiger partial charge < -0.3 is 0 Å². The lowest BCUT2D eigenvalue weighted by molar-refractivity contribution is 0.581. The first-order valence-electron chi connectivity index (χ1n) is 3.71. The molecular formula is C6H9FN4O2S. The number of nitrogens with two attached hydrogens (primary N) is 1. The average Bonchev–Trinajstić information content (AvgIpc) is 2.06. The van der Waals surface area contributed by atoms with Crippen LogP contribution in [0.4, 0.5) is 4.39 Å². The Bertz CT molecular complexity index is 391. The molecule has 6 nitrogen and oxygen atoms in total. The summed E-state index contributed by atoms with van der Waals surface area (Å²) in [4.78, 5) is 7.27. The Kier molecular flexibility index (Phi) is 3.44. The van der Waals surface area contributed by atoms with Crippen molar-refractivity contribution < 1.29 is 12.8 Å². The largest absolute Gasteiger partial charge is 0.274 e. The van der Waals surface area contributed by atoms with Gasteiger partial charge in [-0.2, -0.15) is 8.42 Å². The molecule has 0 spiro atoms. The van der Waals surface area contributed by atoms with Gasteiger partial charge in [-0.3, -0.25) is 0 Å². The third-order valence-electron chi connectivity index (χ3n) is 1.33. The van der Waals surface area contributed by atoms with Crippen molar-refractivity contribution in [1.82, 2.24) is 14.7 Å². The molecule has 14 heavy (non-hydrogen) atoms. The Labute approximate surface area is 80.6 Å². The lowest BCUT2D eigenvalue weighted by atomic mass is 10.4. The first-order valence-corrected chi connectivity index (χ1v) is 5.26. The molecule has 1 heterocycles. The van der Waals surface area contributed by atoms with E-state index < -0.39 is 16.0 Å². The second kappa shape index (κ2) is 4.40. The third-order valence-corrected chi connectivity index (χ3v) is 1.93. The molecule has 3 N–H and O–H groups in total. The van der Waals surface area contributed by atoms with Crippen LogP contribution in [0.1, 0.15) is 5.82 Å². The van der Waals surface area contributed by atoms with Crippen molar-refractivity contribution in [1.29, 1.82) is 0 Å². The van der Waals surface area contributed by atoms with E-state index in [9.17, 15) is 12.8 Å². The van der Waals surface area contributed by atoms with Crippen LogP contribution in [0, 0.1) is 5.82 Å². The molecule has 0 amide bonds. The van der Waals surface area contributed by atoms with Crippen molar-refractivity contribution in [3.05, 3.63) is 24.0 Å². The Morgan fingerprint density at radius 1 is 1.43 bits per heavy atom. The molecule has 0 aliphatic rings. The Hall–Kier alpha value is -1.12. The standard InChI is InChI=1S/C6H9FN4O2S/c7-5-3-9-6(10-4-5)1-2-11-14(8,12)13/h3-4,11H,1-2H2,(H2,8,12,13). The number of rotatable bonds is 4. The zero-order valence-electron chi connectivity index (χ0n) is 7.14. The number of halogens is 1. The smallest absolute Gasteiger partial charge is 0.238 e. The number of hydrogen-bond acceptors (Lipinski definition) is 4. The first-order chi connectivity index (χ1) is 6.47. The lowest BCUT2D eigenvalue weighted by Gasteiger charge is -2.00. The van der Waals surface area contributed by atoms with Crippen molar-refractivity contribution >= 4 is 10.2 Å². The van der Waals surface area contributed by atoms with Crippen molar-refractivity contribution in [2.24, 2.45) is 5.14 Å². The van der Waals surface area contributed by atoms with Crippen LogP contribution in [0.2, 0.25) is 0 Å². The van der Waals surface area contributed by atoms with Crippen molar-refractivity contribution in [2.45, 2.75) is 6.42 Å². The van der Waals surface area contributed by atoms with Crippen molar-refractivity contribution in [2.75, 3.05) is 6.54 Å². The minimum Gasteiger partial charge on any atom is -0.238 e. The molecule has 0 unspecified atom stereocenters. The molecule has 1 aromatic heterocycles. The van der Waals surface area contributed by atoms with Gasteiger partial charge in [0.2, 0.25) is 0 Å². The average molecular weight is 220 g/mol. The summed E-state index contributed by atoms with van der Waals surface area (Å²) in [6.45, 7) is 0.0878. The molecule has 78 valence electrons. The minimum atomic E-state index is -3.68. The van der Waals surface area contributed by atoms with Gasteiger partial charge in [0.05, 0.1) is 12.4 Å². The van der Waals surface area contributed by atoms with Gasteiger partial charge in [-0.05, 0) is 0 Å². The summed E-state index contributed by atoms with van der Waals surface area (Å²) >= 11 is 0. The van der Waals surface area contributed by atoms with Crippen molar-refractivity contribution in [3.8, 4) is 0 Å². The second-order valence-electron chi connectivity index (χ2n) is 2.51. The maximum Gasteiger partial charge on any atom is 0.274 e. The van der Waals surface area contributed by atoms with Gasteiger partial charge in [-0.25, -0.2) is 24.2 Å². The molecule has 0 saturated carbocycles. The van der Waals surface area contributed by atoms with E-state index in [1.807, 2.05) is 0 Å². The molecule has 0 aliphatic heterocycles. The predicted molar refractivity (Wildman–Crippen MR) is 46.8 cm³/mol. The zero-order valence-corrected chi connectivity index (χ0v) is 7.96. The van der Waals surface area contributed by atoms with Crippen LogP contribution in [0.15, 0.2) is 12.4 Å². The molecule has 0 aromatic carbocycles. The van der Waals surface area contributed by atoms with Crippen LogP contribution >= 0.6 is 0 Å². The fourth-order valence-corrected chi connectivity index (χ4v) is 1.16. The van der Waals surface area contributed by atoms with Crippen LogP contribution in [0.5, 0.6) is 0 Å². The molecule has 0 radical (unpaired) electrons. The van der Waals surface area contributed by atoms with E-state index in [1.165, 1.54) is 0 Å². The van der Waals surface area contributed by atoms with Gasteiger partial charge in [-0.15, -0.1) is 0 Å². The van der Waals surface area contributed by atoms with E-state index in [4.69, 9.17) is 0 Å². The summed E-state index contributed by atoms with van der Waals surface area (Å²) < 4.78 is 35.3. The van der Waals surface area contributed by atoms with Gasteiger partial charge in [0.1, 0.15) is 5.82 Å². The fourth-order valence-electron chi connectivity index (χ4n) is 0.773. The monoisotopic (exact) mass is 220 g/mol.